The van der Waals surface area contributed by atoms with Crippen LogP contribution in [-0.4, -0.2) is 20.1 Å². The van der Waals surface area contributed by atoms with Gasteiger partial charge in [0.15, 0.2) is 0 Å². The van der Waals surface area contributed by atoms with Crippen LogP contribution >= 0.6 is 0 Å². The third kappa shape index (κ3) is 3.65. The van der Waals surface area contributed by atoms with Gasteiger partial charge in [-0.15, -0.1) is 0 Å². The van der Waals surface area contributed by atoms with Crippen molar-refractivity contribution in [1.29, 1.82) is 0 Å². The predicted octanol–water partition coefficient (Wildman–Crippen LogP) is 3.18. The van der Waals surface area contributed by atoms with Crippen LogP contribution in [0.1, 0.15) is 12.8 Å². The number of phenolic OH excluding ortho intramolecular Hbond substituents is 1. The molecule has 0 saturated carbocycles. The van der Waals surface area contributed by atoms with Crippen LogP contribution in [0.25, 0.3) is 0 Å². The van der Waals surface area contributed by atoms with Crippen molar-refractivity contribution in [1.82, 2.24) is 5.32 Å². The molecule has 2 aromatic carbocycles. The molecule has 6 heteroatoms. The van der Waals surface area contributed by atoms with Crippen molar-refractivity contribution in [3.8, 4) is 17.2 Å². The van der Waals surface area contributed by atoms with Gasteiger partial charge < -0.3 is 15.2 Å². The molecule has 0 unspecified atom stereocenters. The highest BCUT2D eigenvalue weighted by atomic mass is 32.2. The number of aromatic hydroxyl groups is 1. The van der Waals surface area contributed by atoms with E-state index in [4.69, 9.17) is 4.74 Å². The number of hydrogen-bond donors (Lipinski definition) is 2. The lowest BCUT2D eigenvalue weighted by molar-refractivity contribution is 0.457. The highest BCUT2D eigenvalue weighted by molar-refractivity contribution is 7.94. The van der Waals surface area contributed by atoms with E-state index < -0.39 is 9.84 Å². The molecule has 1 fully saturated rings. The molecule has 0 bridgehead atoms. The monoisotopic (exact) mass is 331 g/mol. The van der Waals surface area contributed by atoms with Crippen LogP contribution in [0.15, 0.2) is 64.5 Å². The zero-order valence-corrected chi connectivity index (χ0v) is 13.2. The van der Waals surface area contributed by atoms with Crippen molar-refractivity contribution in [2.45, 2.75) is 17.7 Å². The van der Waals surface area contributed by atoms with Crippen LogP contribution in [0.3, 0.4) is 0 Å². The molecule has 0 aliphatic carbocycles. The van der Waals surface area contributed by atoms with Gasteiger partial charge in [-0.05, 0) is 49.2 Å². The largest absolute Gasteiger partial charge is 0.508 e. The fraction of sp³-hybridized carbons (Fsp3) is 0.176. The van der Waals surface area contributed by atoms with Gasteiger partial charge in [0.2, 0.25) is 9.84 Å². The molecule has 1 aliphatic heterocycles. The van der Waals surface area contributed by atoms with Crippen molar-refractivity contribution < 1.29 is 18.3 Å². The van der Waals surface area contributed by atoms with Gasteiger partial charge in [0.25, 0.3) is 0 Å². The Balaban J connectivity index is 1.94. The molecule has 23 heavy (non-hydrogen) atoms. The van der Waals surface area contributed by atoms with Gasteiger partial charge in [-0.1, -0.05) is 12.1 Å². The van der Waals surface area contributed by atoms with Crippen LogP contribution in [-0.2, 0) is 9.84 Å². The zero-order chi connectivity index (χ0) is 16.3. The Bertz CT molecular complexity index is 818. The fourth-order valence-corrected chi connectivity index (χ4v) is 3.74. The van der Waals surface area contributed by atoms with Gasteiger partial charge >= 0.3 is 0 Å². The van der Waals surface area contributed by atoms with Crippen molar-refractivity contribution in [3.63, 3.8) is 0 Å². The number of nitrogens with one attached hydrogen (secondary N) is 1. The minimum atomic E-state index is -3.60. The van der Waals surface area contributed by atoms with E-state index in [1.54, 1.807) is 30.3 Å². The molecule has 0 spiro atoms. The standard InChI is InChI=1S/C17H17NO4S/c19-14-7-9-15(10-8-14)22-16-5-1-2-6-17(16)23(20,21)12-13-4-3-11-18-13/h1-2,5-10,12,18-19H,3-4,11H2. The molecular formula is C17H17NO4S. The fourth-order valence-electron chi connectivity index (χ4n) is 2.38. The van der Waals surface area contributed by atoms with E-state index in [1.165, 1.54) is 23.6 Å². The Hall–Kier alpha value is -2.47. The zero-order valence-electron chi connectivity index (χ0n) is 12.4. The van der Waals surface area contributed by atoms with Crippen LogP contribution < -0.4 is 10.1 Å². The van der Waals surface area contributed by atoms with E-state index >= 15 is 0 Å². The first kappa shape index (κ1) is 15.4. The lowest BCUT2D eigenvalue weighted by atomic mass is 10.3. The van der Waals surface area contributed by atoms with E-state index in [9.17, 15) is 13.5 Å². The highest BCUT2D eigenvalue weighted by Gasteiger charge is 2.20. The van der Waals surface area contributed by atoms with Gasteiger partial charge in [-0.25, -0.2) is 8.42 Å². The molecule has 3 rings (SSSR count). The topological polar surface area (TPSA) is 75.6 Å². The van der Waals surface area contributed by atoms with Gasteiger partial charge in [0.1, 0.15) is 22.1 Å². The molecule has 0 amide bonds. The first-order chi connectivity index (χ1) is 11.0. The maximum atomic E-state index is 12.6. The molecule has 1 saturated heterocycles. The average Bonchev–Trinajstić information content (AvgIpc) is 3.02. The summed E-state index contributed by atoms with van der Waals surface area (Å²) in [6.07, 6.45) is 1.67. The van der Waals surface area contributed by atoms with Crippen LogP contribution in [0.4, 0.5) is 0 Å². The summed E-state index contributed by atoms with van der Waals surface area (Å²) >= 11 is 0. The van der Waals surface area contributed by atoms with E-state index in [0.29, 0.717) is 5.75 Å². The van der Waals surface area contributed by atoms with Gasteiger partial charge in [0, 0.05) is 12.2 Å². The van der Waals surface area contributed by atoms with Gasteiger partial charge in [-0.2, -0.15) is 0 Å². The van der Waals surface area contributed by atoms with Gasteiger partial charge in [0.05, 0.1) is 5.41 Å². The Morgan fingerprint density at radius 1 is 1.09 bits per heavy atom. The van der Waals surface area contributed by atoms with Crippen LogP contribution in [0, 0.1) is 0 Å². The minimum absolute atomic E-state index is 0.120. The van der Waals surface area contributed by atoms with Crippen molar-refractivity contribution in [2.24, 2.45) is 0 Å². The predicted molar refractivity (Wildman–Crippen MR) is 87.1 cm³/mol. The second-order valence-corrected chi connectivity index (χ2v) is 7.03. The lowest BCUT2D eigenvalue weighted by Gasteiger charge is -2.10. The smallest absolute Gasteiger partial charge is 0.205 e. The number of ether oxygens (including phenoxy) is 1. The summed E-state index contributed by atoms with van der Waals surface area (Å²) in [5.41, 5.74) is 0.726. The summed E-state index contributed by atoms with van der Waals surface area (Å²) in [5.74, 6) is 0.834. The van der Waals surface area contributed by atoms with Crippen molar-refractivity contribution >= 4 is 9.84 Å². The number of benzene rings is 2. The Kier molecular flexibility index (Phi) is 4.25. The maximum absolute atomic E-state index is 12.6. The molecule has 2 N–H and O–H groups in total. The Morgan fingerprint density at radius 3 is 2.52 bits per heavy atom. The minimum Gasteiger partial charge on any atom is -0.508 e. The number of allylic oxidation sites excluding steroid dienone is 1. The maximum Gasteiger partial charge on any atom is 0.205 e. The van der Waals surface area contributed by atoms with Gasteiger partial charge in [-0.3, -0.25) is 0 Å². The molecule has 5 nitrogen and oxygen atoms in total. The van der Waals surface area contributed by atoms with E-state index in [2.05, 4.69) is 5.32 Å². The summed E-state index contributed by atoms with van der Waals surface area (Å²) in [7, 11) is -3.60. The van der Waals surface area contributed by atoms with Crippen LogP contribution in [0.2, 0.25) is 0 Å². The molecule has 120 valence electrons. The molecule has 0 aromatic heterocycles. The van der Waals surface area contributed by atoms with E-state index in [0.717, 1.165) is 25.1 Å². The summed E-state index contributed by atoms with van der Waals surface area (Å²) in [4.78, 5) is 0.120. The number of phenols is 1. The highest BCUT2D eigenvalue weighted by Crippen LogP contribution is 2.31. The lowest BCUT2D eigenvalue weighted by Crippen LogP contribution is -2.07. The quantitative estimate of drug-likeness (QED) is 0.900. The summed E-state index contributed by atoms with van der Waals surface area (Å²) in [5, 5.41) is 13.6. The van der Waals surface area contributed by atoms with Crippen molar-refractivity contribution in [3.05, 3.63) is 59.6 Å². The number of rotatable bonds is 4. The third-order valence-electron chi connectivity index (χ3n) is 3.49. The molecule has 2 aromatic rings. The SMILES string of the molecule is O=S(=O)(C=C1CCCN1)c1ccccc1Oc1ccc(O)cc1. The molecular weight excluding hydrogens is 314 g/mol. The van der Waals surface area contributed by atoms with E-state index in [1.807, 2.05) is 0 Å². The Morgan fingerprint density at radius 2 is 1.83 bits per heavy atom. The normalized spacial score (nSPS) is 16.3. The number of sulfone groups is 1. The third-order valence-corrected chi connectivity index (χ3v) is 5.04. The summed E-state index contributed by atoms with van der Waals surface area (Å²) in [6.45, 7) is 0.799. The summed E-state index contributed by atoms with van der Waals surface area (Å²) < 4.78 is 30.9. The molecule has 1 aliphatic rings. The molecule has 0 radical (unpaired) electrons. The number of para-hydroxylation sites is 1. The molecule has 0 atom stereocenters. The van der Waals surface area contributed by atoms with E-state index in [-0.39, 0.29) is 16.4 Å². The first-order valence-electron chi connectivity index (χ1n) is 7.30. The average molecular weight is 331 g/mol. The number of hydrogen-bond acceptors (Lipinski definition) is 5. The van der Waals surface area contributed by atoms with Crippen LogP contribution in [0.5, 0.6) is 17.2 Å². The summed E-state index contributed by atoms with van der Waals surface area (Å²) in [6, 6.07) is 12.6. The molecule has 1 heterocycles. The first-order valence-corrected chi connectivity index (χ1v) is 8.85. The van der Waals surface area contributed by atoms with Crippen molar-refractivity contribution in [2.75, 3.05) is 6.54 Å². The second-order valence-electron chi connectivity index (χ2n) is 5.26. The Labute approximate surface area is 135 Å². The second kappa shape index (κ2) is 6.34.